The van der Waals surface area contributed by atoms with Gasteiger partial charge in [-0.3, -0.25) is 4.79 Å². The molecule has 13 heavy (non-hydrogen) atoms. The molecule has 0 heterocycles. The molecule has 0 aliphatic carbocycles. The van der Waals surface area contributed by atoms with E-state index in [4.69, 9.17) is 15.2 Å². The van der Waals surface area contributed by atoms with Gasteiger partial charge in [-0.1, -0.05) is 6.92 Å². The predicted molar refractivity (Wildman–Crippen MR) is 50.3 cm³/mol. The molecule has 0 saturated carbocycles. The first-order chi connectivity index (χ1) is 6.22. The summed E-state index contributed by atoms with van der Waals surface area (Å²) in [5.74, 6) is -0.345. The van der Waals surface area contributed by atoms with Crippen molar-refractivity contribution in [1.29, 1.82) is 0 Å². The molecule has 0 aromatic carbocycles. The van der Waals surface area contributed by atoms with Gasteiger partial charge in [0, 0.05) is 13.2 Å². The zero-order chi connectivity index (χ0) is 10.1. The highest BCUT2D eigenvalue weighted by atomic mass is 16.5. The average Bonchev–Trinajstić information content (AvgIpc) is 2.12. The van der Waals surface area contributed by atoms with E-state index in [1.807, 2.05) is 6.92 Å². The molecule has 1 atom stereocenters. The number of rotatable bonds is 7. The van der Waals surface area contributed by atoms with Gasteiger partial charge in [-0.2, -0.15) is 0 Å². The molecule has 2 N–H and O–H groups in total. The molecule has 0 aromatic rings. The Morgan fingerprint density at radius 3 is 2.62 bits per heavy atom. The van der Waals surface area contributed by atoms with Gasteiger partial charge in [0.15, 0.2) is 0 Å². The minimum atomic E-state index is -0.545. The monoisotopic (exact) mass is 189 g/mol. The highest BCUT2D eigenvalue weighted by Gasteiger charge is 2.13. The van der Waals surface area contributed by atoms with Crippen molar-refractivity contribution in [3.8, 4) is 0 Å². The predicted octanol–water partition coefficient (Wildman–Crippen LogP) is 0.694. The van der Waals surface area contributed by atoms with Crippen LogP contribution in [0.15, 0.2) is 0 Å². The maximum Gasteiger partial charge on any atom is 0.322 e. The third-order valence-corrected chi connectivity index (χ3v) is 1.51. The summed E-state index contributed by atoms with van der Waals surface area (Å²) in [6.45, 7) is 5.41. The van der Waals surface area contributed by atoms with Gasteiger partial charge in [0.2, 0.25) is 0 Å². The van der Waals surface area contributed by atoms with Gasteiger partial charge in [-0.05, 0) is 19.8 Å². The molecular weight excluding hydrogens is 170 g/mol. The van der Waals surface area contributed by atoms with Crippen molar-refractivity contribution in [2.75, 3.05) is 19.8 Å². The van der Waals surface area contributed by atoms with E-state index in [1.165, 1.54) is 0 Å². The van der Waals surface area contributed by atoms with Crippen molar-refractivity contribution in [3.05, 3.63) is 0 Å². The topological polar surface area (TPSA) is 61.5 Å². The Bertz CT molecular complexity index is 139. The SMILES string of the molecule is CCCOCCC(N)C(=O)OCC. The van der Waals surface area contributed by atoms with Gasteiger partial charge in [-0.15, -0.1) is 0 Å². The van der Waals surface area contributed by atoms with Crippen LogP contribution in [0.1, 0.15) is 26.7 Å². The summed E-state index contributed by atoms with van der Waals surface area (Å²) in [5, 5.41) is 0. The van der Waals surface area contributed by atoms with Crippen molar-refractivity contribution < 1.29 is 14.3 Å². The lowest BCUT2D eigenvalue weighted by Crippen LogP contribution is -2.33. The zero-order valence-electron chi connectivity index (χ0n) is 8.41. The molecule has 4 heteroatoms. The minimum Gasteiger partial charge on any atom is -0.465 e. The summed E-state index contributed by atoms with van der Waals surface area (Å²) < 4.78 is 9.94. The second-order valence-electron chi connectivity index (χ2n) is 2.76. The van der Waals surface area contributed by atoms with E-state index in [0.717, 1.165) is 13.0 Å². The van der Waals surface area contributed by atoms with Crippen molar-refractivity contribution in [3.63, 3.8) is 0 Å². The molecule has 1 unspecified atom stereocenters. The van der Waals surface area contributed by atoms with Crippen LogP contribution >= 0.6 is 0 Å². The van der Waals surface area contributed by atoms with E-state index in [2.05, 4.69) is 0 Å². The summed E-state index contributed by atoms with van der Waals surface area (Å²) in [5.41, 5.74) is 5.53. The molecule has 0 amide bonds. The summed E-state index contributed by atoms with van der Waals surface area (Å²) in [6, 6.07) is -0.545. The van der Waals surface area contributed by atoms with Crippen molar-refractivity contribution in [2.24, 2.45) is 5.73 Å². The maximum absolute atomic E-state index is 11.0. The Hall–Kier alpha value is -0.610. The molecule has 0 rings (SSSR count). The number of nitrogens with two attached hydrogens (primary N) is 1. The molecule has 0 bridgehead atoms. The van der Waals surface area contributed by atoms with Gasteiger partial charge >= 0.3 is 5.97 Å². The fourth-order valence-corrected chi connectivity index (χ4v) is 0.824. The average molecular weight is 189 g/mol. The molecule has 0 radical (unpaired) electrons. The summed E-state index contributed by atoms with van der Waals surface area (Å²) in [4.78, 5) is 11.0. The summed E-state index contributed by atoms with van der Waals surface area (Å²) in [7, 11) is 0. The van der Waals surface area contributed by atoms with Gasteiger partial charge < -0.3 is 15.2 Å². The lowest BCUT2D eigenvalue weighted by atomic mass is 10.2. The maximum atomic E-state index is 11.0. The number of carbonyl (C=O) groups is 1. The molecule has 4 nitrogen and oxygen atoms in total. The Morgan fingerprint density at radius 1 is 1.38 bits per heavy atom. The van der Waals surface area contributed by atoms with Gasteiger partial charge in [-0.25, -0.2) is 0 Å². The van der Waals surface area contributed by atoms with Crippen LogP contribution in [-0.2, 0) is 14.3 Å². The first-order valence-corrected chi connectivity index (χ1v) is 4.72. The summed E-state index contributed by atoms with van der Waals surface area (Å²) in [6.07, 6.45) is 1.51. The highest BCUT2D eigenvalue weighted by molar-refractivity contribution is 5.75. The van der Waals surface area contributed by atoms with Crippen LogP contribution < -0.4 is 5.73 Å². The van der Waals surface area contributed by atoms with Crippen molar-refractivity contribution in [2.45, 2.75) is 32.7 Å². The Balaban J connectivity index is 3.38. The number of hydrogen-bond donors (Lipinski definition) is 1. The lowest BCUT2D eigenvalue weighted by molar-refractivity contribution is -0.145. The van der Waals surface area contributed by atoms with E-state index in [1.54, 1.807) is 6.92 Å². The molecule has 0 fully saturated rings. The Labute approximate surface area is 79.4 Å². The zero-order valence-corrected chi connectivity index (χ0v) is 8.41. The van der Waals surface area contributed by atoms with E-state index in [9.17, 15) is 4.79 Å². The first kappa shape index (κ1) is 12.4. The molecule has 78 valence electrons. The number of ether oxygens (including phenoxy) is 2. The van der Waals surface area contributed by atoms with Crippen LogP contribution in [0.5, 0.6) is 0 Å². The third kappa shape index (κ3) is 6.54. The fraction of sp³-hybridized carbons (Fsp3) is 0.889. The number of carbonyl (C=O) groups excluding carboxylic acids is 1. The van der Waals surface area contributed by atoms with Crippen LogP contribution in [0, 0.1) is 0 Å². The van der Waals surface area contributed by atoms with Crippen LogP contribution in [0.4, 0.5) is 0 Å². The normalized spacial score (nSPS) is 12.5. The fourth-order valence-electron chi connectivity index (χ4n) is 0.824. The molecule has 0 aliphatic rings. The summed E-state index contributed by atoms with van der Waals surface area (Å²) >= 11 is 0. The minimum absolute atomic E-state index is 0.345. The van der Waals surface area contributed by atoms with Crippen molar-refractivity contribution >= 4 is 5.97 Å². The van der Waals surface area contributed by atoms with Gasteiger partial charge in [0.05, 0.1) is 6.61 Å². The number of hydrogen-bond acceptors (Lipinski definition) is 4. The standard InChI is InChI=1S/C9H19NO3/c1-3-6-12-7-5-8(10)9(11)13-4-2/h8H,3-7,10H2,1-2H3. The largest absolute Gasteiger partial charge is 0.465 e. The third-order valence-electron chi connectivity index (χ3n) is 1.51. The Morgan fingerprint density at radius 2 is 2.08 bits per heavy atom. The molecule has 0 spiro atoms. The molecule has 0 aliphatic heterocycles. The Kier molecular flexibility index (Phi) is 7.63. The van der Waals surface area contributed by atoms with E-state index >= 15 is 0 Å². The van der Waals surface area contributed by atoms with E-state index < -0.39 is 6.04 Å². The number of esters is 1. The van der Waals surface area contributed by atoms with Crippen molar-refractivity contribution in [1.82, 2.24) is 0 Å². The second kappa shape index (κ2) is 8.01. The molecule has 0 saturated heterocycles. The quantitative estimate of drug-likeness (QED) is 0.473. The van der Waals surface area contributed by atoms with Gasteiger partial charge in [0.1, 0.15) is 6.04 Å². The smallest absolute Gasteiger partial charge is 0.322 e. The van der Waals surface area contributed by atoms with Gasteiger partial charge in [0.25, 0.3) is 0 Å². The van der Waals surface area contributed by atoms with E-state index in [0.29, 0.717) is 19.6 Å². The second-order valence-corrected chi connectivity index (χ2v) is 2.76. The lowest BCUT2D eigenvalue weighted by Gasteiger charge is -2.09. The first-order valence-electron chi connectivity index (χ1n) is 4.72. The van der Waals surface area contributed by atoms with Crippen LogP contribution in [0.2, 0.25) is 0 Å². The highest BCUT2D eigenvalue weighted by Crippen LogP contribution is 1.93. The van der Waals surface area contributed by atoms with Crippen LogP contribution in [0.3, 0.4) is 0 Å². The molecule has 0 aromatic heterocycles. The van der Waals surface area contributed by atoms with Crippen LogP contribution in [-0.4, -0.2) is 31.8 Å². The van der Waals surface area contributed by atoms with E-state index in [-0.39, 0.29) is 5.97 Å². The molecular formula is C9H19NO3. The van der Waals surface area contributed by atoms with Crippen LogP contribution in [0.25, 0.3) is 0 Å².